The first kappa shape index (κ1) is 11.5. The molecule has 0 atom stereocenters. The molecular weight excluding hydrogens is 212 g/mol. The molecule has 1 heterocycles. The van der Waals surface area contributed by atoms with Gasteiger partial charge in [0.25, 0.3) is 0 Å². The van der Waals surface area contributed by atoms with Gasteiger partial charge in [-0.15, -0.1) is 0 Å². The van der Waals surface area contributed by atoms with Crippen LogP contribution in [0.5, 0.6) is 0 Å². The second-order valence-electron chi connectivity index (χ2n) is 4.22. The monoisotopic (exact) mass is 230 g/mol. The van der Waals surface area contributed by atoms with Crippen molar-refractivity contribution in [2.45, 2.75) is 20.3 Å². The summed E-state index contributed by atoms with van der Waals surface area (Å²) in [6.07, 6.45) is 2.89. The third-order valence-corrected chi connectivity index (χ3v) is 2.77. The van der Waals surface area contributed by atoms with E-state index < -0.39 is 0 Å². The first-order valence-corrected chi connectivity index (χ1v) is 5.76. The van der Waals surface area contributed by atoms with E-state index in [0.717, 1.165) is 29.2 Å². The third-order valence-electron chi connectivity index (χ3n) is 2.77. The Labute approximate surface area is 101 Å². The molecule has 1 aromatic heterocycles. The number of rotatable bonds is 3. The lowest BCUT2D eigenvalue weighted by molar-refractivity contribution is 0.746. The Morgan fingerprint density at radius 2 is 2.12 bits per heavy atom. The van der Waals surface area contributed by atoms with Gasteiger partial charge in [0.15, 0.2) is 0 Å². The molecule has 2 aromatic rings. The molecule has 4 nitrogen and oxygen atoms in total. The number of aryl methyl sites for hydroxylation is 3. The largest absolute Gasteiger partial charge is 0.399 e. The van der Waals surface area contributed by atoms with Crippen LogP contribution in [0.15, 0.2) is 24.4 Å². The molecule has 0 saturated heterocycles. The number of hydrogen-bond donors (Lipinski definition) is 2. The molecule has 0 aliphatic carbocycles. The van der Waals surface area contributed by atoms with E-state index >= 15 is 0 Å². The van der Waals surface area contributed by atoms with Crippen molar-refractivity contribution in [2.75, 3.05) is 11.1 Å². The van der Waals surface area contributed by atoms with E-state index in [-0.39, 0.29) is 0 Å². The molecule has 0 radical (unpaired) electrons. The lowest BCUT2D eigenvalue weighted by Crippen LogP contribution is -1.96. The summed E-state index contributed by atoms with van der Waals surface area (Å²) < 4.78 is 1.82. The van der Waals surface area contributed by atoms with Crippen molar-refractivity contribution >= 4 is 17.1 Å². The highest BCUT2D eigenvalue weighted by Crippen LogP contribution is 2.24. The standard InChI is InChI=1S/C13H18N4/c1-4-11-13(8-17(3)16-11)15-12-7-10(14)6-5-9(12)2/h5-8,15H,4,14H2,1-3H3. The zero-order valence-electron chi connectivity index (χ0n) is 10.5. The van der Waals surface area contributed by atoms with E-state index in [2.05, 4.69) is 24.3 Å². The molecule has 0 fully saturated rings. The Morgan fingerprint density at radius 1 is 1.35 bits per heavy atom. The van der Waals surface area contributed by atoms with Crippen LogP contribution in [-0.4, -0.2) is 9.78 Å². The van der Waals surface area contributed by atoms with Crippen molar-refractivity contribution < 1.29 is 0 Å². The van der Waals surface area contributed by atoms with Crippen LogP contribution in [0, 0.1) is 6.92 Å². The van der Waals surface area contributed by atoms with Crippen molar-refractivity contribution in [1.82, 2.24) is 9.78 Å². The van der Waals surface area contributed by atoms with Gasteiger partial charge in [-0.05, 0) is 31.0 Å². The number of nitrogen functional groups attached to an aromatic ring is 1. The number of nitrogens with two attached hydrogens (primary N) is 1. The molecule has 0 amide bonds. The fourth-order valence-electron chi connectivity index (χ4n) is 1.82. The average Bonchev–Trinajstić information content (AvgIpc) is 2.64. The maximum Gasteiger partial charge on any atom is 0.0856 e. The van der Waals surface area contributed by atoms with Crippen molar-refractivity contribution in [2.24, 2.45) is 7.05 Å². The molecule has 90 valence electrons. The first-order chi connectivity index (χ1) is 8.10. The van der Waals surface area contributed by atoms with E-state index in [9.17, 15) is 0 Å². The number of nitrogens with one attached hydrogen (secondary N) is 1. The lowest BCUT2D eigenvalue weighted by atomic mass is 10.1. The minimum absolute atomic E-state index is 0.764. The van der Waals surface area contributed by atoms with E-state index in [1.165, 1.54) is 5.56 Å². The van der Waals surface area contributed by atoms with Gasteiger partial charge >= 0.3 is 0 Å². The van der Waals surface area contributed by atoms with Gasteiger partial charge in [0.2, 0.25) is 0 Å². The minimum atomic E-state index is 0.764. The van der Waals surface area contributed by atoms with Crippen LogP contribution >= 0.6 is 0 Å². The summed E-state index contributed by atoms with van der Waals surface area (Å²) in [5.41, 5.74) is 10.9. The zero-order valence-corrected chi connectivity index (χ0v) is 10.5. The zero-order chi connectivity index (χ0) is 12.4. The number of benzene rings is 1. The van der Waals surface area contributed by atoms with Gasteiger partial charge in [-0.3, -0.25) is 4.68 Å². The average molecular weight is 230 g/mol. The number of anilines is 3. The SMILES string of the molecule is CCc1nn(C)cc1Nc1cc(N)ccc1C. The lowest BCUT2D eigenvalue weighted by Gasteiger charge is -2.09. The van der Waals surface area contributed by atoms with E-state index in [1.807, 2.05) is 36.1 Å². The predicted molar refractivity (Wildman–Crippen MR) is 71.5 cm³/mol. The second kappa shape index (κ2) is 4.49. The van der Waals surface area contributed by atoms with Gasteiger partial charge in [0.05, 0.1) is 11.4 Å². The van der Waals surface area contributed by atoms with Gasteiger partial charge in [-0.25, -0.2) is 0 Å². The van der Waals surface area contributed by atoms with Gasteiger partial charge in [-0.1, -0.05) is 13.0 Å². The number of hydrogen-bond acceptors (Lipinski definition) is 3. The molecule has 17 heavy (non-hydrogen) atoms. The molecule has 0 unspecified atom stereocenters. The Morgan fingerprint density at radius 3 is 2.82 bits per heavy atom. The van der Waals surface area contributed by atoms with Crippen LogP contribution in [0.3, 0.4) is 0 Å². The highest BCUT2D eigenvalue weighted by Gasteiger charge is 2.07. The van der Waals surface area contributed by atoms with Crippen LogP contribution in [0.1, 0.15) is 18.2 Å². The molecule has 3 N–H and O–H groups in total. The summed E-state index contributed by atoms with van der Waals surface area (Å²) in [5.74, 6) is 0. The number of aromatic nitrogens is 2. The van der Waals surface area contributed by atoms with Crippen molar-refractivity contribution in [3.05, 3.63) is 35.7 Å². The number of nitrogens with zero attached hydrogens (tertiary/aromatic N) is 2. The van der Waals surface area contributed by atoms with Crippen molar-refractivity contribution in [1.29, 1.82) is 0 Å². The maximum atomic E-state index is 5.80. The van der Waals surface area contributed by atoms with E-state index in [4.69, 9.17) is 5.73 Å². The van der Waals surface area contributed by atoms with Crippen LogP contribution in [0.4, 0.5) is 17.1 Å². The quantitative estimate of drug-likeness (QED) is 0.797. The third kappa shape index (κ3) is 2.41. The summed E-state index contributed by atoms with van der Waals surface area (Å²) in [7, 11) is 1.93. The summed E-state index contributed by atoms with van der Waals surface area (Å²) in [6, 6.07) is 5.87. The normalized spacial score (nSPS) is 10.5. The smallest absolute Gasteiger partial charge is 0.0856 e. The Kier molecular flexibility index (Phi) is 3.04. The maximum absolute atomic E-state index is 5.80. The molecule has 4 heteroatoms. The van der Waals surface area contributed by atoms with Gasteiger partial charge in [0, 0.05) is 24.6 Å². The van der Waals surface area contributed by atoms with Crippen molar-refractivity contribution in [3.63, 3.8) is 0 Å². The Bertz CT molecular complexity index is 528. The van der Waals surface area contributed by atoms with Crippen LogP contribution in [0.25, 0.3) is 0 Å². The Hall–Kier alpha value is -1.97. The molecule has 0 spiro atoms. The second-order valence-corrected chi connectivity index (χ2v) is 4.22. The van der Waals surface area contributed by atoms with Gasteiger partial charge < -0.3 is 11.1 Å². The fraction of sp³-hybridized carbons (Fsp3) is 0.308. The van der Waals surface area contributed by atoms with Gasteiger partial charge in [-0.2, -0.15) is 5.10 Å². The van der Waals surface area contributed by atoms with Crippen LogP contribution < -0.4 is 11.1 Å². The molecule has 0 saturated carbocycles. The molecule has 0 aliphatic heterocycles. The predicted octanol–water partition coefficient (Wildman–Crippen LogP) is 2.62. The van der Waals surface area contributed by atoms with Crippen molar-refractivity contribution in [3.8, 4) is 0 Å². The fourth-order valence-corrected chi connectivity index (χ4v) is 1.82. The minimum Gasteiger partial charge on any atom is -0.399 e. The first-order valence-electron chi connectivity index (χ1n) is 5.76. The molecule has 0 bridgehead atoms. The van der Waals surface area contributed by atoms with E-state index in [1.54, 1.807) is 0 Å². The Balaban J connectivity index is 2.33. The highest BCUT2D eigenvalue weighted by molar-refractivity contribution is 5.67. The van der Waals surface area contributed by atoms with E-state index in [0.29, 0.717) is 0 Å². The van der Waals surface area contributed by atoms with Crippen LogP contribution in [-0.2, 0) is 13.5 Å². The molecule has 0 aliphatic rings. The highest BCUT2D eigenvalue weighted by atomic mass is 15.3. The summed E-state index contributed by atoms with van der Waals surface area (Å²) in [5, 5.41) is 7.79. The van der Waals surface area contributed by atoms with Crippen LogP contribution in [0.2, 0.25) is 0 Å². The van der Waals surface area contributed by atoms with Gasteiger partial charge in [0.1, 0.15) is 0 Å². The molecule has 1 aromatic carbocycles. The topological polar surface area (TPSA) is 55.9 Å². The molecular formula is C13H18N4. The molecule has 2 rings (SSSR count). The summed E-state index contributed by atoms with van der Waals surface area (Å²) in [4.78, 5) is 0. The summed E-state index contributed by atoms with van der Waals surface area (Å²) in [6.45, 7) is 4.16. The summed E-state index contributed by atoms with van der Waals surface area (Å²) >= 11 is 0.